The van der Waals surface area contributed by atoms with E-state index in [4.69, 9.17) is 5.73 Å². The number of halogens is 2. The van der Waals surface area contributed by atoms with Crippen LogP contribution in [0, 0.1) is 11.6 Å². The van der Waals surface area contributed by atoms with Gasteiger partial charge < -0.3 is 11.1 Å². The van der Waals surface area contributed by atoms with Gasteiger partial charge >= 0.3 is 0 Å². The van der Waals surface area contributed by atoms with Crippen molar-refractivity contribution in [3.8, 4) is 0 Å². The van der Waals surface area contributed by atoms with Crippen molar-refractivity contribution in [3.63, 3.8) is 0 Å². The smallest absolute Gasteiger partial charge is 0.271 e. The highest BCUT2D eigenvalue weighted by Gasteiger charge is 2.15. The molecule has 1 amide bonds. The summed E-state index contributed by atoms with van der Waals surface area (Å²) in [5.41, 5.74) is 6.27. The van der Waals surface area contributed by atoms with Gasteiger partial charge in [0.25, 0.3) is 5.91 Å². The van der Waals surface area contributed by atoms with Gasteiger partial charge in [0, 0.05) is 17.5 Å². The molecule has 0 aliphatic rings. The van der Waals surface area contributed by atoms with E-state index in [2.05, 4.69) is 10.3 Å². The monoisotopic (exact) mass is 325 g/mol. The quantitative estimate of drug-likeness (QED) is 0.857. The van der Waals surface area contributed by atoms with Crippen LogP contribution in [0.3, 0.4) is 0 Å². The molecule has 7 heteroatoms. The van der Waals surface area contributed by atoms with Gasteiger partial charge in [0.15, 0.2) is 0 Å². The number of carbonyl (C=O) groups is 1. The molecule has 1 aromatic heterocycles. The zero-order chi connectivity index (χ0) is 16.1. The maximum absolute atomic E-state index is 13.5. The van der Waals surface area contributed by atoms with Crippen molar-refractivity contribution in [1.82, 2.24) is 10.3 Å². The van der Waals surface area contributed by atoms with E-state index in [-0.39, 0.29) is 23.8 Å². The van der Waals surface area contributed by atoms with Crippen LogP contribution in [0.4, 0.5) is 8.78 Å². The molecule has 2 rings (SSSR count). The molecule has 2 aromatic rings. The third-order valence-electron chi connectivity index (χ3n) is 3.12. The van der Waals surface area contributed by atoms with Crippen LogP contribution in [-0.2, 0) is 6.54 Å². The number of hydrogen-bond acceptors (Lipinski definition) is 4. The molecule has 0 spiro atoms. The fourth-order valence-corrected chi connectivity index (χ4v) is 2.78. The van der Waals surface area contributed by atoms with Crippen LogP contribution < -0.4 is 11.1 Å². The molecule has 1 unspecified atom stereocenters. The van der Waals surface area contributed by atoms with Crippen LogP contribution in [0.2, 0.25) is 0 Å². The maximum Gasteiger partial charge on any atom is 0.271 e. The molecule has 3 N–H and O–H groups in total. The second kappa shape index (κ2) is 7.42. The summed E-state index contributed by atoms with van der Waals surface area (Å²) in [5.74, 6) is -1.55. The number of nitrogens with zero attached hydrogens (tertiary/aromatic N) is 1. The normalized spacial score (nSPS) is 12.2. The van der Waals surface area contributed by atoms with E-state index in [1.54, 1.807) is 5.38 Å². The average molecular weight is 325 g/mol. The van der Waals surface area contributed by atoms with Gasteiger partial charge in [0.1, 0.15) is 22.3 Å². The maximum atomic E-state index is 13.5. The lowest BCUT2D eigenvalue weighted by molar-refractivity contribution is 0.0946. The first-order valence-corrected chi connectivity index (χ1v) is 7.82. The van der Waals surface area contributed by atoms with Crippen LogP contribution in [0.15, 0.2) is 23.6 Å². The summed E-state index contributed by atoms with van der Waals surface area (Å²) in [5, 5.41) is 4.84. The second-order valence-corrected chi connectivity index (χ2v) is 5.77. The molecule has 4 nitrogen and oxygen atoms in total. The summed E-state index contributed by atoms with van der Waals surface area (Å²) in [6.45, 7) is 1.92. The van der Waals surface area contributed by atoms with Crippen molar-refractivity contribution in [2.45, 2.75) is 32.4 Å². The van der Waals surface area contributed by atoms with Gasteiger partial charge in [-0.3, -0.25) is 4.79 Å². The molecule has 118 valence electrons. The molecule has 0 saturated heterocycles. The SMILES string of the molecule is CCCC(N)c1nc(C(=O)NCc2cc(F)ccc2F)cs1. The molecule has 0 radical (unpaired) electrons. The Morgan fingerprint density at radius 2 is 2.23 bits per heavy atom. The summed E-state index contributed by atoms with van der Waals surface area (Å²) in [7, 11) is 0. The number of nitrogens with one attached hydrogen (secondary N) is 1. The first-order valence-electron chi connectivity index (χ1n) is 6.94. The minimum atomic E-state index is -0.564. The minimum Gasteiger partial charge on any atom is -0.346 e. The summed E-state index contributed by atoms with van der Waals surface area (Å²) in [6.07, 6.45) is 1.73. The lowest BCUT2D eigenvalue weighted by Crippen LogP contribution is -2.24. The van der Waals surface area contributed by atoms with Crippen molar-refractivity contribution >= 4 is 17.2 Å². The minimum absolute atomic E-state index is 0.0893. The molecular formula is C15H17F2N3OS. The van der Waals surface area contributed by atoms with E-state index in [0.29, 0.717) is 5.01 Å². The van der Waals surface area contributed by atoms with Gasteiger partial charge in [0.05, 0.1) is 6.04 Å². The van der Waals surface area contributed by atoms with E-state index in [1.807, 2.05) is 6.92 Å². The van der Waals surface area contributed by atoms with Gasteiger partial charge in [-0.2, -0.15) is 0 Å². The molecule has 1 heterocycles. The Morgan fingerprint density at radius 1 is 1.45 bits per heavy atom. The van der Waals surface area contributed by atoms with Crippen molar-refractivity contribution in [3.05, 3.63) is 51.5 Å². The molecule has 0 bridgehead atoms. The molecule has 1 aromatic carbocycles. The third kappa shape index (κ3) is 4.08. The van der Waals surface area contributed by atoms with Gasteiger partial charge in [-0.15, -0.1) is 11.3 Å². The van der Waals surface area contributed by atoms with Crippen LogP contribution in [0.5, 0.6) is 0 Å². The Morgan fingerprint density at radius 3 is 2.95 bits per heavy atom. The highest BCUT2D eigenvalue weighted by molar-refractivity contribution is 7.09. The van der Waals surface area contributed by atoms with Crippen LogP contribution in [-0.4, -0.2) is 10.9 Å². The molecule has 22 heavy (non-hydrogen) atoms. The van der Waals surface area contributed by atoms with E-state index in [0.717, 1.165) is 31.0 Å². The Labute approximate surface area is 131 Å². The Balaban J connectivity index is 1.99. The third-order valence-corrected chi connectivity index (χ3v) is 4.10. The highest BCUT2D eigenvalue weighted by atomic mass is 32.1. The summed E-state index contributed by atoms with van der Waals surface area (Å²) < 4.78 is 26.5. The lowest BCUT2D eigenvalue weighted by Gasteiger charge is -2.06. The van der Waals surface area contributed by atoms with Gasteiger partial charge in [-0.05, 0) is 24.6 Å². The van der Waals surface area contributed by atoms with Crippen molar-refractivity contribution in [2.75, 3.05) is 0 Å². The molecule has 0 fully saturated rings. The number of carbonyl (C=O) groups excluding carboxylic acids is 1. The van der Waals surface area contributed by atoms with E-state index < -0.39 is 17.5 Å². The molecule has 0 aliphatic carbocycles. The number of nitrogens with two attached hydrogens (primary N) is 1. The summed E-state index contributed by atoms with van der Waals surface area (Å²) in [4.78, 5) is 16.2. The summed E-state index contributed by atoms with van der Waals surface area (Å²) in [6, 6.07) is 2.93. The van der Waals surface area contributed by atoms with Gasteiger partial charge in [0.2, 0.25) is 0 Å². The van der Waals surface area contributed by atoms with Crippen LogP contribution >= 0.6 is 11.3 Å². The fraction of sp³-hybridized carbons (Fsp3) is 0.333. The Kier molecular flexibility index (Phi) is 5.57. The molecule has 0 aliphatic heterocycles. The predicted molar refractivity (Wildman–Crippen MR) is 81.5 cm³/mol. The van der Waals surface area contributed by atoms with Crippen LogP contribution in [0.1, 0.15) is 46.9 Å². The summed E-state index contributed by atoms with van der Waals surface area (Å²) >= 11 is 1.32. The lowest BCUT2D eigenvalue weighted by atomic mass is 10.2. The van der Waals surface area contributed by atoms with Crippen molar-refractivity contribution < 1.29 is 13.6 Å². The molecule has 1 atom stereocenters. The Hall–Kier alpha value is -1.86. The number of hydrogen-bond donors (Lipinski definition) is 2. The van der Waals surface area contributed by atoms with E-state index in [9.17, 15) is 13.6 Å². The number of aromatic nitrogens is 1. The predicted octanol–water partition coefficient (Wildman–Crippen LogP) is 3.15. The molecule has 0 saturated carbocycles. The number of benzene rings is 1. The highest BCUT2D eigenvalue weighted by Crippen LogP contribution is 2.20. The largest absolute Gasteiger partial charge is 0.346 e. The number of rotatable bonds is 6. The fourth-order valence-electron chi connectivity index (χ4n) is 1.94. The topological polar surface area (TPSA) is 68.0 Å². The van der Waals surface area contributed by atoms with E-state index >= 15 is 0 Å². The standard InChI is InChI=1S/C15H17F2N3OS/c1-2-3-12(18)15-20-13(8-22-15)14(21)19-7-9-6-10(16)4-5-11(9)17/h4-6,8,12H,2-3,7,18H2,1H3,(H,19,21). The first kappa shape index (κ1) is 16.5. The second-order valence-electron chi connectivity index (χ2n) is 4.88. The number of amides is 1. The van der Waals surface area contributed by atoms with Gasteiger partial charge in [-0.1, -0.05) is 13.3 Å². The van der Waals surface area contributed by atoms with Crippen molar-refractivity contribution in [2.24, 2.45) is 5.73 Å². The van der Waals surface area contributed by atoms with Crippen molar-refractivity contribution in [1.29, 1.82) is 0 Å². The zero-order valence-electron chi connectivity index (χ0n) is 12.1. The zero-order valence-corrected chi connectivity index (χ0v) is 12.9. The average Bonchev–Trinajstić information content (AvgIpc) is 2.98. The molecular weight excluding hydrogens is 308 g/mol. The number of thiazole rings is 1. The first-order chi connectivity index (χ1) is 10.5. The van der Waals surface area contributed by atoms with Gasteiger partial charge in [-0.25, -0.2) is 13.8 Å². The van der Waals surface area contributed by atoms with Crippen LogP contribution in [0.25, 0.3) is 0 Å². The Bertz CT molecular complexity index is 660. The van der Waals surface area contributed by atoms with E-state index in [1.165, 1.54) is 11.3 Å².